The molecule has 0 aliphatic carbocycles. The number of methoxy groups -OCH3 is 1. The van der Waals surface area contributed by atoms with E-state index in [0.29, 0.717) is 12.4 Å². The molecule has 1 aromatic carbocycles. The van der Waals surface area contributed by atoms with E-state index in [2.05, 4.69) is 35.6 Å². The molecule has 36 heavy (non-hydrogen) atoms. The molecule has 4 heterocycles. The van der Waals surface area contributed by atoms with Crippen LogP contribution in [0.3, 0.4) is 0 Å². The maximum absolute atomic E-state index is 8.60. The largest absolute Gasteiger partial charge is 0.491 e. The van der Waals surface area contributed by atoms with Gasteiger partial charge in [-0.2, -0.15) is 0 Å². The van der Waals surface area contributed by atoms with Gasteiger partial charge in [0, 0.05) is 35.4 Å². The Balaban J connectivity index is 0.000000399. The molecular weight excluding hydrogens is 526 g/mol. The molecule has 0 spiro atoms. The fourth-order valence-corrected chi connectivity index (χ4v) is 3.94. The van der Waals surface area contributed by atoms with Crippen molar-refractivity contribution < 1.29 is 19.3 Å². The van der Waals surface area contributed by atoms with Crippen LogP contribution in [0.15, 0.2) is 53.5 Å². The normalized spacial score (nSPS) is 17.3. The summed E-state index contributed by atoms with van der Waals surface area (Å²) in [5, 5.41) is 10.5. The van der Waals surface area contributed by atoms with Gasteiger partial charge < -0.3 is 29.6 Å². The highest BCUT2D eigenvalue weighted by atomic mass is 79.9. The molecule has 0 amide bonds. The van der Waals surface area contributed by atoms with Gasteiger partial charge in [0.15, 0.2) is 5.79 Å². The lowest BCUT2D eigenvalue weighted by molar-refractivity contribution is -0.155. The van der Waals surface area contributed by atoms with Gasteiger partial charge in [0.05, 0.1) is 17.0 Å². The van der Waals surface area contributed by atoms with E-state index in [1.54, 1.807) is 20.0 Å². The smallest absolute Gasteiger partial charge is 0.159 e. The van der Waals surface area contributed by atoms with Gasteiger partial charge in [0.1, 0.15) is 36.4 Å². The number of hydrogen-bond acceptors (Lipinski definition) is 8. The van der Waals surface area contributed by atoms with E-state index in [1.165, 1.54) is 13.4 Å². The van der Waals surface area contributed by atoms with Crippen molar-refractivity contribution in [2.75, 3.05) is 19.5 Å². The second-order valence-electron chi connectivity index (χ2n) is 8.48. The van der Waals surface area contributed by atoms with Crippen molar-refractivity contribution in [1.82, 2.24) is 19.5 Å². The Morgan fingerprint density at radius 3 is 2.64 bits per heavy atom. The maximum Gasteiger partial charge on any atom is 0.159 e. The van der Waals surface area contributed by atoms with Crippen molar-refractivity contribution in [2.24, 2.45) is 0 Å². The summed E-state index contributed by atoms with van der Waals surface area (Å²) < 4.78 is 19.6. The molecule has 0 bridgehead atoms. The molecule has 3 N–H and O–H groups in total. The van der Waals surface area contributed by atoms with E-state index in [-0.39, 0.29) is 12.3 Å². The molecular formula is C26H34BrN5O4. The molecule has 2 unspecified atom stereocenters. The van der Waals surface area contributed by atoms with Gasteiger partial charge in [-0.1, -0.05) is 13.8 Å². The third kappa shape index (κ3) is 7.13. The van der Waals surface area contributed by atoms with E-state index >= 15 is 0 Å². The highest BCUT2D eigenvalue weighted by Gasteiger charge is 2.28. The number of ether oxygens (including phenoxy) is 3. The number of aromatic nitrogens is 4. The maximum atomic E-state index is 8.60. The van der Waals surface area contributed by atoms with Gasteiger partial charge in [-0.15, -0.1) is 0 Å². The summed E-state index contributed by atoms with van der Waals surface area (Å²) in [6.07, 6.45) is 6.99. The van der Waals surface area contributed by atoms with Crippen LogP contribution >= 0.6 is 15.9 Å². The van der Waals surface area contributed by atoms with Crippen molar-refractivity contribution in [3.63, 3.8) is 0 Å². The van der Waals surface area contributed by atoms with Gasteiger partial charge in [-0.3, -0.25) is 4.98 Å². The molecule has 0 radical (unpaired) electrons. The average Bonchev–Trinajstić information content (AvgIpc) is 3.51. The summed E-state index contributed by atoms with van der Waals surface area (Å²) in [5.41, 5.74) is 7.62. The number of fused-ring (bicyclic) bond motifs is 2. The van der Waals surface area contributed by atoms with Gasteiger partial charge in [0.25, 0.3) is 0 Å². The van der Waals surface area contributed by atoms with Crippen LogP contribution in [0.4, 0.5) is 5.82 Å². The summed E-state index contributed by atoms with van der Waals surface area (Å²) in [6.45, 7) is 7.65. The number of hydrogen-bond donors (Lipinski definition) is 2. The summed E-state index contributed by atoms with van der Waals surface area (Å²) >= 11 is 3.44. The molecule has 10 heteroatoms. The molecule has 1 saturated heterocycles. The molecule has 1 aliphatic heterocycles. The number of aliphatic hydroxyl groups is 1. The first-order chi connectivity index (χ1) is 17.2. The minimum atomic E-state index is -0.958. The van der Waals surface area contributed by atoms with Crippen LogP contribution in [0.2, 0.25) is 0 Å². The second kappa shape index (κ2) is 12.4. The fourth-order valence-electron chi connectivity index (χ4n) is 3.59. The summed E-state index contributed by atoms with van der Waals surface area (Å²) in [4.78, 5) is 12.8. The van der Waals surface area contributed by atoms with Crippen LogP contribution < -0.4 is 10.5 Å². The lowest BCUT2D eigenvalue weighted by Crippen LogP contribution is -2.20. The first kappa shape index (κ1) is 27.8. The van der Waals surface area contributed by atoms with Crippen LogP contribution in [0, 0.1) is 0 Å². The molecule has 194 valence electrons. The molecule has 1 fully saturated rings. The van der Waals surface area contributed by atoms with Gasteiger partial charge in [-0.25, -0.2) is 9.97 Å². The number of rotatable bonds is 5. The van der Waals surface area contributed by atoms with Crippen LogP contribution in [0.25, 0.3) is 21.9 Å². The van der Waals surface area contributed by atoms with E-state index in [1.807, 2.05) is 54.9 Å². The zero-order chi connectivity index (χ0) is 26.3. The number of halogens is 1. The minimum absolute atomic E-state index is 0.0233. The lowest BCUT2D eigenvalue weighted by Gasteiger charge is -2.16. The number of anilines is 1. The average molecular weight is 560 g/mol. The lowest BCUT2D eigenvalue weighted by atomic mass is 10.2. The van der Waals surface area contributed by atoms with Crippen molar-refractivity contribution in [3.8, 4) is 5.75 Å². The zero-order valence-electron chi connectivity index (χ0n) is 21.3. The first-order valence-electron chi connectivity index (χ1n) is 11.9. The van der Waals surface area contributed by atoms with Crippen LogP contribution in [-0.4, -0.2) is 50.2 Å². The number of nitrogen functional groups attached to an aromatic ring is 1. The Morgan fingerprint density at radius 1 is 1.17 bits per heavy atom. The Bertz CT molecular complexity index is 1270. The van der Waals surface area contributed by atoms with Gasteiger partial charge in [-0.05, 0) is 66.9 Å². The molecule has 0 saturated carbocycles. The Kier molecular flexibility index (Phi) is 9.61. The Hall–Kier alpha value is -2.79. The van der Waals surface area contributed by atoms with E-state index in [4.69, 9.17) is 20.3 Å². The summed E-state index contributed by atoms with van der Waals surface area (Å²) in [6, 6.07) is 9.89. The van der Waals surface area contributed by atoms with Crippen LogP contribution in [-0.2, 0) is 9.47 Å². The number of benzene rings is 1. The standard InChI is InChI=1S/C20H18BrN5O2.C4H10O2.C2H6/c21-13-7-12-1-2-14(8-17(12)23-9-13)27-10-15-3-4-18(28-15)26-6-5-16-19(22)24-11-25-20(16)26;1-4(2,5)6-3;1-2/h1-2,5-9,11,15,18H,3-4,10H2,(H2,22,24,25);5H,1-3H3;1-2H3. The number of nitrogens with zero attached hydrogens (tertiary/aromatic N) is 4. The number of nitrogens with two attached hydrogens (primary N) is 1. The molecule has 3 aromatic heterocycles. The Morgan fingerprint density at radius 2 is 1.92 bits per heavy atom. The SMILES string of the molecule is CC.COC(C)(C)O.Nc1ncnc2c1ccn2C1CCC(COc2ccc3cc(Br)cnc3c2)O1. The summed E-state index contributed by atoms with van der Waals surface area (Å²) in [5.74, 6) is 0.319. The van der Waals surface area contributed by atoms with Crippen molar-refractivity contribution >= 4 is 43.7 Å². The quantitative estimate of drug-likeness (QED) is 0.309. The molecule has 4 aromatic rings. The predicted octanol–water partition coefficient (Wildman–Crippen LogP) is 5.47. The van der Waals surface area contributed by atoms with Crippen molar-refractivity contribution in [3.05, 3.63) is 53.5 Å². The molecule has 2 atom stereocenters. The van der Waals surface area contributed by atoms with Gasteiger partial charge >= 0.3 is 0 Å². The fraction of sp³-hybridized carbons (Fsp3) is 0.423. The summed E-state index contributed by atoms with van der Waals surface area (Å²) in [7, 11) is 1.46. The van der Waals surface area contributed by atoms with E-state index in [0.717, 1.165) is 45.0 Å². The topological polar surface area (TPSA) is 118 Å². The third-order valence-corrected chi connectivity index (χ3v) is 5.93. The minimum Gasteiger partial charge on any atom is -0.491 e. The van der Waals surface area contributed by atoms with Crippen molar-refractivity contribution in [2.45, 2.75) is 58.7 Å². The monoisotopic (exact) mass is 559 g/mol. The number of pyridine rings is 1. The zero-order valence-corrected chi connectivity index (χ0v) is 22.9. The molecule has 5 rings (SSSR count). The Labute approximate surface area is 219 Å². The third-order valence-electron chi connectivity index (χ3n) is 5.49. The highest BCUT2D eigenvalue weighted by molar-refractivity contribution is 9.10. The molecule has 9 nitrogen and oxygen atoms in total. The predicted molar refractivity (Wildman–Crippen MR) is 145 cm³/mol. The molecule has 1 aliphatic rings. The highest BCUT2D eigenvalue weighted by Crippen LogP contribution is 2.32. The van der Waals surface area contributed by atoms with Crippen LogP contribution in [0.5, 0.6) is 5.75 Å². The first-order valence-corrected chi connectivity index (χ1v) is 12.7. The van der Waals surface area contributed by atoms with E-state index in [9.17, 15) is 0 Å². The second-order valence-corrected chi connectivity index (χ2v) is 9.39. The van der Waals surface area contributed by atoms with Gasteiger partial charge in [0.2, 0.25) is 0 Å². The van der Waals surface area contributed by atoms with E-state index < -0.39 is 5.79 Å². The van der Waals surface area contributed by atoms with Crippen LogP contribution in [0.1, 0.15) is 46.8 Å². The van der Waals surface area contributed by atoms with Crippen molar-refractivity contribution in [1.29, 1.82) is 0 Å².